The summed E-state index contributed by atoms with van der Waals surface area (Å²) in [6, 6.07) is 14.6. The van der Waals surface area contributed by atoms with Crippen molar-refractivity contribution in [1.29, 1.82) is 0 Å². The number of hydrogen-bond donors (Lipinski definition) is 0. The Balaban J connectivity index is 2.22. The second-order valence-corrected chi connectivity index (χ2v) is 4.28. The molecule has 2 aromatic carbocycles. The summed E-state index contributed by atoms with van der Waals surface area (Å²) in [5.74, 6) is 0.179. The van der Waals surface area contributed by atoms with E-state index in [1.54, 1.807) is 4.90 Å². The molecule has 2 rings (SSSR count). The number of rotatable bonds is 3. The van der Waals surface area contributed by atoms with Crippen molar-refractivity contribution >= 4 is 16.7 Å². The van der Waals surface area contributed by atoms with Crippen LogP contribution in [0.15, 0.2) is 42.5 Å². The number of nitrogens with zero attached hydrogens (tertiary/aromatic N) is 1. The minimum atomic E-state index is 0.179. The average Bonchev–Trinajstić information content (AvgIpc) is 2.37. The fourth-order valence-electron chi connectivity index (χ4n) is 1.97. The van der Waals surface area contributed by atoms with E-state index in [1.807, 2.05) is 26.1 Å². The molecule has 0 heterocycles. The first kappa shape index (κ1) is 11.6. The smallest absolute Gasteiger partial charge is 0.222 e. The summed E-state index contributed by atoms with van der Waals surface area (Å²) in [4.78, 5) is 13.3. The highest BCUT2D eigenvalue weighted by Crippen LogP contribution is 2.16. The Bertz CT molecular complexity index is 533. The van der Waals surface area contributed by atoms with Crippen molar-refractivity contribution in [3.8, 4) is 0 Å². The quantitative estimate of drug-likeness (QED) is 0.788. The number of carbonyl (C=O) groups is 1. The highest BCUT2D eigenvalue weighted by Gasteiger charge is 2.06. The topological polar surface area (TPSA) is 20.3 Å². The summed E-state index contributed by atoms with van der Waals surface area (Å²) in [7, 11) is 1.85. The molecule has 0 unspecified atom stereocenters. The minimum absolute atomic E-state index is 0.179. The molecule has 0 spiro atoms. The van der Waals surface area contributed by atoms with Gasteiger partial charge in [0.1, 0.15) is 0 Å². The van der Waals surface area contributed by atoms with Gasteiger partial charge in [0.05, 0.1) is 0 Å². The molecule has 0 atom stereocenters. The maximum absolute atomic E-state index is 11.5. The van der Waals surface area contributed by atoms with E-state index in [1.165, 1.54) is 16.3 Å². The van der Waals surface area contributed by atoms with Crippen LogP contribution in [0.25, 0.3) is 10.8 Å². The minimum Gasteiger partial charge on any atom is -0.341 e. The van der Waals surface area contributed by atoms with Crippen LogP contribution in [0, 0.1) is 0 Å². The van der Waals surface area contributed by atoms with Crippen molar-refractivity contribution in [2.75, 3.05) is 7.05 Å². The molecular formula is C15H17NO. The molecule has 0 saturated heterocycles. The van der Waals surface area contributed by atoms with Gasteiger partial charge in [-0.15, -0.1) is 0 Å². The second kappa shape index (κ2) is 5.00. The van der Waals surface area contributed by atoms with Gasteiger partial charge in [-0.25, -0.2) is 0 Å². The van der Waals surface area contributed by atoms with Crippen molar-refractivity contribution in [2.45, 2.75) is 19.9 Å². The van der Waals surface area contributed by atoms with E-state index in [-0.39, 0.29) is 5.91 Å². The van der Waals surface area contributed by atoms with Gasteiger partial charge in [0.2, 0.25) is 5.91 Å². The molecule has 1 amide bonds. The van der Waals surface area contributed by atoms with Gasteiger partial charge in [-0.05, 0) is 22.4 Å². The number of carbonyl (C=O) groups excluding carboxylic acids is 1. The zero-order valence-electron chi connectivity index (χ0n) is 10.3. The number of benzene rings is 2. The SMILES string of the molecule is CCC(=O)N(C)Cc1ccc2ccccc2c1. The first-order valence-electron chi connectivity index (χ1n) is 5.92. The van der Waals surface area contributed by atoms with Crippen LogP contribution in [0.4, 0.5) is 0 Å². The van der Waals surface area contributed by atoms with Crippen molar-refractivity contribution in [3.63, 3.8) is 0 Å². The third-order valence-corrected chi connectivity index (χ3v) is 2.96. The third-order valence-electron chi connectivity index (χ3n) is 2.96. The Kier molecular flexibility index (Phi) is 3.43. The largest absolute Gasteiger partial charge is 0.341 e. The van der Waals surface area contributed by atoms with Gasteiger partial charge in [-0.1, -0.05) is 43.3 Å². The van der Waals surface area contributed by atoms with Gasteiger partial charge in [0.25, 0.3) is 0 Å². The van der Waals surface area contributed by atoms with Crippen molar-refractivity contribution in [2.24, 2.45) is 0 Å². The summed E-state index contributed by atoms with van der Waals surface area (Å²) in [5, 5.41) is 2.46. The molecule has 0 aliphatic carbocycles. The number of fused-ring (bicyclic) bond motifs is 1. The van der Waals surface area contributed by atoms with Crippen LogP contribution in [0.2, 0.25) is 0 Å². The van der Waals surface area contributed by atoms with E-state index in [0.717, 1.165) is 0 Å². The summed E-state index contributed by atoms with van der Waals surface area (Å²) < 4.78 is 0. The molecule has 17 heavy (non-hydrogen) atoms. The number of amides is 1. The van der Waals surface area contributed by atoms with E-state index >= 15 is 0 Å². The lowest BCUT2D eigenvalue weighted by atomic mass is 10.1. The standard InChI is InChI=1S/C15H17NO/c1-3-15(17)16(2)11-12-8-9-13-6-4-5-7-14(13)10-12/h4-10H,3,11H2,1-2H3. The van der Waals surface area contributed by atoms with Gasteiger partial charge in [0, 0.05) is 20.0 Å². The molecule has 0 bridgehead atoms. The highest BCUT2D eigenvalue weighted by atomic mass is 16.2. The molecule has 2 heteroatoms. The normalized spacial score (nSPS) is 10.5. The van der Waals surface area contributed by atoms with Crippen LogP contribution in [-0.4, -0.2) is 17.9 Å². The molecule has 0 saturated carbocycles. The van der Waals surface area contributed by atoms with Crippen LogP contribution >= 0.6 is 0 Å². The zero-order valence-corrected chi connectivity index (χ0v) is 10.3. The van der Waals surface area contributed by atoms with E-state index in [4.69, 9.17) is 0 Å². The average molecular weight is 227 g/mol. The zero-order chi connectivity index (χ0) is 12.3. The summed E-state index contributed by atoms with van der Waals surface area (Å²) in [6.07, 6.45) is 0.560. The predicted octanol–water partition coefficient (Wildman–Crippen LogP) is 3.21. The van der Waals surface area contributed by atoms with Crippen molar-refractivity contribution in [1.82, 2.24) is 4.90 Å². The third kappa shape index (κ3) is 2.64. The molecular weight excluding hydrogens is 210 g/mol. The van der Waals surface area contributed by atoms with Crippen molar-refractivity contribution in [3.05, 3.63) is 48.0 Å². The lowest BCUT2D eigenvalue weighted by Crippen LogP contribution is -2.25. The van der Waals surface area contributed by atoms with Crippen molar-refractivity contribution < 1.29 is 4.79 Å². The van der Waals surface area contributed by atoms with E-state index in [9.17, 15) is 4.79 Å². The van der Waals surface area contributed by atoms with Crippen LogP contribution in [-0.2, 0) is 11.3 Å². The molecule has 0 aliphatic heterocycles. The summed E-state index contributed by atoms with van der Waals surface area (Å²) in [6.45, 7) is 2.57. The number of hydrogen-bond acceptors (Lipinski definition) is 1. The molecule has 88 valence electrons. The van der Waals surface area contributed by atoms with Crippen LogP contribution in [0.5, 0.6) is 0 Å². The lowest BCUT2D eigenvalue weighted by molar-refractivity contribution is -0.130. The van der Waals surface area contributed by atoms with Crippen LogP contribution in [0.3, 0.4) is 0 Å². The maximum Gasteiger partial charge on any atom is 0.222 e. The molecule has 0 N–H and O–H groups in total. The molecule has 0 aliphatic rings. The Morgan fingerprint density at radius 1 is 1.12 bits per heavy atom. The molecule has 0 radical (unpaired) electrons. The van der Waals surface area contributed by atoms with E-state index in [2.05, 4.69) is 30.3 Å². The maximum atomic E-state index is 11.5. The Morgan fingerprint density at radius 2 is 1.82 bits per heavy atom. The first-order valence-corrected chi connectivity index (χ1v) is 5.92. The van der Waals surface area contributed by atoms with Crippen LogP contribution in [0.1, 0.15) is 18.9 Å². The van der Waals surface area contributed by atoms with Crippen LogP contribution < -0.4 is 0 Å². The van der Waals surface area contributed by atoms with Gasteiger partial charge in [0.15, 0.2) is 0 Å². The first-order chi connectivity index (χ1) is 8.20. The molecule has 0 aromatic heterocycles. The predicted molar refractivity (Wildman–Crippen MR) is 70.7 cm³/mol. The fraction of sp³-hybridized carbons (Fsp3) is 0.267. The fourth-order valence-corrected chi connectivity index (χ4v) is 1.97. The summed E-state index contributed by atoms with van der Waals surface area (Å²) in [5.41, 5.74) is 1.17. The molecule has 2 aromatic rings. The van der Waals surface area contributed by atoms with Gasteiger partial charge in [-0.2, -0.15) is 0 Å². The molecule has 0 fully saturated rings. The van der Waals surface area contributed by atoms with Gasteiger partial charge >= 0.3 is 0 Å². The molecule has 2 nitrogen and oxygen atoms in total. The highest BCUT2D eigenvalue weighted by molar-refractivity contribution is 5.83. The second-order valence-electron chi connectivity index (χ2n) is 4.28. The Morgan fingerprint density at radius 3 is 2.53 bits per heavy atom. The van der Waals surface area contributed by atoms with Gasteiger partial charge < -0.3 is 4.90 Å². The van der Waals surface area contributed by atoms with E-state index in [0.29, 0.717) is 13.0 Å². The lowest BCUT2D eigenvalue weighted by Gasteiger charge is -2.16. The summed E-state index contributed by atoms with van der Waals surface area (Å²) >= 11 is 0. The van der Waals surface area contributed by atoms with E-state index < -0.39 is 0 Å². The van der Waals surface area contributed by atoms with Gasteiger partial charge in [-0.3, -0.25) is 4.79 Å². The Labute approximate surface area is 102 Å². The Hall–Kier alpha value is -1.83. The monoisotopic (exact) mass is 227 g/mol.